The molecule has 1 saturated heterocycles. The summed E-state index contributed by atoms with van der Waals surface area (Å²) >= 11 is 0. The zero-order valence-corrected chi connectivity index (χ0v) is 17.5. The maximum atomic E-state index is 6.17. The number of imidazole rings is 1. The number of piperidine rings is 1. The van der Waals surface area contributed by atoms with Gasteiger partial charge in [-0.05, 0) is 45.0 Å². The molecule has 0 unspecified atom stereocenters. The van der Waals surface area contributed by atoms with E-state index in [9.17, 15) is 0 Å². The molecule has 3 aromatic heterocycles. The number of fused-ring (bicyclic) bond motifs is 1. The molecule has 4 aromatic rings. The first-order valence-corrected chi connectivity index (χ1v) is 10.4. The van der Waals surface area contributed by atoms with Crippen molar-refractivity contribution in [2.24, 2.45) is 0 Å². The van der Waals surface area contributed by atoms with E-state index in [4.69, 9.17) is 4.74 Å². The Morgan fingerprint density at radius 1 is 1.23 bits per heavy atom. The van der Waals surface area contributed by atoms with Crippen molar-refractivity contribution in [1.29, 1.82) is 0 Å². The Bertz CT molecular complexity index is 1220. The zero-order chi connectivity index (χ0) is 21.2. The summed E-state index contributed by atoms with van der Waals surface area (Å²) < 4.78 is 9.92. The fourth-order valence-electron chi connectivity index (χ4n) is 3.77. The van der Waals surface area contributed by atoms with E-state index in [1.54, 1.807) is 10.9 Å². The Labute approximate surface area is 180 Å². The summed E-state index contributed by atoms with van der Waals surface area (Å²) in [4.78, 5) is 9.11. The van der Waals surface area contributed by atoms with Gasteiger partial charge in [0, 0.05) is 41.6 Å². The van der Waals surface area contributed by atoms with E-state index in [2.05, 4.69) is 32.3 Å². The lowest BCUT2D eigenvalue weighted by molar-refractivity contribution is 0.162. The Kier molecular flexibility index (Phi) is 5.13. The third-order valence-corrected chi connectivity index (χ3v) is 5.38. The summed E-state index contributed by atoms with van der Waals surface area (Å²) in [6, 6.07) is 7.99. The summed E-state index contributed by atoms with van der Waals surface area (Å²) in [5.74, 6) is 1.54. The van der Waals surface area contributed by atoms with Crippen LogP contribution >= 0.6 is 0 Å². The van der Waals surface area contributed by atoms with Crippen molar-refractivity contribution in [3.8, 4) is 17.0 Å². The van der Waals surface area contributed by atoms with Crippen LogP contribution in [0.5, 0.6) is 5.75 Å². The fourth-order valence-corrected chi connectivity index (χ4v) is 3.77. The van der Waals surface area contributed by atoms with Crippen LogP contribution < -0.4 is 15.4 Å². The van der Waals surface area contributed by atoms with Crippen LogP contribution in [0.2, 0.25) is 0 Å². The maximum Gasteiger partial charge on any atom is 0.180 e. The highest BCUT2D eigenvalue weighted by atomic mass is 16.5. The topological polar surface area (TPSA) is 81.3 Å². The molecule has 8 nitrogen and oxygen atoms in total. The van der Waals surface area contributed by atoms with Crippen molar-refractivity contribution in [2.75, 3.05) is 18.4 Å². The van der Waals surface area contributed by atoms with Gasteiger partial charge in [0.25, 0.3) is 0 Å². The Morgan fingerprint density at radius 2 is 2.10 bits per heavy atom. The molecule has 1 aromatic carbocycles. The van der Waals surface area contributed by atoms with Gasteiger partial charge in [-0.1, -0.05) is 12.6 Å². The predicted molar refractivity (Wildman–Crippen MR) is 121 cm³/mol. The monoisotopic (exact) mass is 415 g/mol. The largest absolute Gasteiger partial charge is 0.490 e. The summed E-state index contributed by atoms with van der Waals surface area (Å²) in [7, 11) is 0. The SMILES string of the molecule is C=C(C)n1cc(-c2cnc3c(Nc4cccc(OC5CCNCC5)c4)nccn23)cn1. The second-order valence-corrected chi connectivity index (χ2v) is 7.74. The molecule has 31 heavy (non-hydrogen) atoms. The molecule has 0 spiro atoms. The van der Waals surface area contributed by atoms with Crippen LogP contribution in [-0.2, 0) is 0 Å². The van der Waals surface area contributed by atoms with Gasteiger partial charge in [0.2, 0.25) is 0 Å². The van der Waals surface area contributed by atoms with Crippen molar-refractivity contribution >= 4 is 22.8 Å². The highest BCUT2D eigenvalue weighted by molar-refractivity contribution is 5.74. The van der Waals surface area contributed by atoms with Gasteiger partial charge >= 0.3 is 0 Å². The first-order chi connectivity index (χ1) is 15.2. The van der Waals surface area contributed by atoms with Crippen molar-refractivity contribution in [3.05, 3.63) is 61.8 Å². The lowest BCUT2D eigenvalue weighted by Gasteiger charge is -2.24. The highest BCUT2D eigenvalue weighted by Gasteiger charge is 2.15. The minimum absolute atomic E-state index is 0.257. The standard InChI is InChI=1S/C23H25N7O/c1-16(2)30-15-17(13-27-30)21-14-26-23-22(25-10-11-29(21)23)28-18-4-3-5-20(12-18)31-19-6-8-24-9-7-19/h3-5,10-15,19,24H,1,6-9H2,2H3,(H,25,28). The molecule has 0 atom stereocenters. The Balaban J connectivity index is 1.40. The lowest BCUT2D eigenvalue weighted by atomic mass is 10.1. The van der Waals surface area contributed by atoms with Gasteiger partial charge in [-0.25, -0.2) is 14.6 Å². The molecular weight excluding hydrogens is 390 g/mol. The quantitative estimate of drug-likeness (QED) is 0.496. The fraction of sp³-hybridized carbons (Fsp3) is 0.261. The smallest absolute Gasteiger partial charge is 0.180 e. The van der Waals surface area contributed by atoms with Gasteiger partial charge in [-0.2, -0.15) is 5.10 Å². The maximum absolute atomic E-state index is 6.17. The van der Waals surface area contributed by atoms with Crippen LogP contribution in [0.1, 0.15) is 19.8 Å². The number of allylic oxidation sites excluding steroid dienone is 1. The molecular formula is C23H25N7O. The molecule has 1 fully saturated rings. The Hall–Kier alpha value is -3.65. The van der Waals surface area contributed by atoms with Gasteiger partial charge in [0.1, 0.15) is 11.9 Å². The van der Waals surface area contributed by atoms with E-state index in [0.29, 0.717) is 5.82 Å². The Morgan fingerprint density at radius 3 is 2.90 bits per heavy atom. The van der Waals surface area contributed by atoms with Crippen LogP contribution in [0, 0.1) is 0 Å². The number of benzene rings is 1. The van der Waals surface area contributed by atoms with E-state index in [0.717, 1.165) is 60.0 Å². The van der Waals surface area contributed by atoms with Gasteiger partial charge in [-0.15, -0.1) is 0 Å². The van der Waals surface area contributed by atoms with Crippen molar-refractivity contribution in [1.82, 2.24) is 29.5 Å². The molecule has 0 saturated carbocycles. The minimum atomic E-state index is 0.257. The van der Waals surface area contributed by atoms with E-state index in [1.807, 2.05) is 60.4 Å². The average Bonchev–Trinajstić information content (AvgIpc) is 3.43. The van der Waals surface area contributed by atoms with E-state index < -0.39 is 0 Å². The molecule has 0 radical (unpaired) electrons. The number of aromatic nitrogens is 5. The number of ether oxygens (including phenoxy) is 1. The number of anilines is 2. The third-order valence-electron chi connectivity index (χ3n) is 5.38. The van der Waals surface area contributed by atoms with Gasteiger partial charge in [0.15, 0.2) is 11.5 Å². The number of rotatable bonds is 6. The van der Waals surface area contributed by atoms with Crippen molar-refractivity contribution < 1.29 is 4.74 Å². The van der Waals surface area contributed by atoms with Crippen LogP contribution in [0.25, 0.3) is 22.6 Å². The highest BCUT2D eigenvalue weighted by Crippen LogP contribution is 2.27. The number of hydrogen-bond acceptors (Lipinski definition) is 6. The van der Waals surface area contributed by atoms with Gasteiger partial charge in [-0.3, -0.25) is 4.40 Å². The van der Waals surface area contributed by atoms with Crippen LogP contribution in [-0.4, -0.2) is 43.3 Å². The average molecular weight is 416 g/mol. The number of nitrogens with zero attached hydrogens (tertiary/aromatic N) is 5. The first kappa shape index (κ1) is 19.3. The summed E-state index contributed by atoms with van der Waals surface area (Å²) in [5, 5.41) is 11.1. The summed E-state index contributed by atoms with van der Waals surface area (Å²) in [6.07, 6.45) is 11.6. The number of nitrogens with one attached hydrogen (secondary N) is 2. The normalized spacial score (nSPS) is 14.6. The third kappa shape index (κ3) is 4.02. The molecule has 158 valence electrons. The van der Waals surface area contributed by atoms with Gasteiger partial charge in [0.05, 0.1) is 18.1 Å². The van der Waals surface area contributed by atoms with E-state index in [1.165, 1.54) is 0 Å². The van der Waals surface area contributed by atoms with Crippen LogP contribution in [0.15, 0.2) is 61.8 Å². The van der Waals surface area contributed by atoms with Crippen LogP contribution in [0.3, 0.4) is 0 Å². The zero-order valence-electron chi connectivity index (χ0n) is 17.5. The first-order valence-electron chi connectivity index (χ1n) is 10.4. The molecule has 8 heteroatoms. The predicted octanol–water partition coefficient (Wildman–Crippen LogP) is 3.96. The second kappa shape index (κ2) is 8.23. The summed E-state index contributed by atoms with van der Waals surface area (Å²) in [6.45, 7) is 7.85. The molecule has 1 aliphatic heterocycles. The molecule has 4 heterocycles. The molecule has 1 aliphatic rings. The lowest BCUT2D eigenvalue weighted by Crippen LogP contribution is -2.34. The molecule has 2 N–H and O–H groups in total. The summed E-state index contributed by atoms with van der Waals surface area (Å²) in [5.41, 5.74) is 4.41. The minimum Gasteiger partial charge on any atom is -0.490 e. The second-order valence-electron chi connectivity index (χ2n) is 7.74. The number of hydrogen-bond donors (Lipinski definition) is 2. The van der Waals surface area contributed by atoms with Gasteiger partial charge < -0.3 is 15.4 Å². The molecule has 0 amide bonds. The van der Waals surface area contributed by atoms with Crippen molar-refractivity contribution in [2.45, 2.75) is 25.9 Å². The van der Waals surface area contributed by atoms with Crippen LogP contribution in [0.4, 0.5) is 11.5 Å². The molecule has 0 bridgehead atoms. The molecule has 0 aliphatic carbocycles. The van der Waals surface area contributed by atoms with E-state index >= 15 is 0 Å². The van der Waals surface area contributed by atoms with E-state index in [-0.39, 0.29) is 6.10 Å². The van der Waals surface area contributed by atoms with Crippen molar-refractivity contribution in [3.63, 3.8) is 0 Å². The molecule has 5 rings (SSSR count).